The number of carbonyl (C=O) groups is 1. The van der Waals surface area contributed by atoms with Gasteiger partial charge >= 0.3 is 0 Å². The molecule has 0 unspecified atom stereocenters. The Morgan fingerprint density at radius 1 is 1.47 bits per heavy atom. The van der Waals surface area contributed by atoms with E-state index in [1.807, 2.05) is 0 Å². The van der Waals surface area contributed by atoms with Gasteiger partial charge in [0.2, 0.25) is 5.91 Å². The molecule has 5 heteroatoms. The number of amides is 1. The smallest absolute Gasteiger partial charge is 0.216 e. The van der Waals surface area contributed by atoms with E-state index in [0.717, 1.165) is 6.07 Å². The highest BCUT2D eigenvalue weighted by Crippen LogP contribution is 2.22. The molecule has 0 radical (unpaired) electrons. The van der Waals surface area contributed by atoms with Crippen LogP contribution in [0.3, 0.4) is 0 Å². The minimum Gasteiger partial charge on any atom is -0.356 e. The van der Waals surface area contributed by atoms with E-state index in [1.165, 1.54) is 19.1 Å². The molecule has 17 heavy (non-hydrogen) atoms. The van der Waals surface area contributed by atoms with Crippen LogP contribution in [0.4, 0.5) is 8.78 Å². The molecule has 92 valence electrons. The van der Waals surface area contributed by atoms with E-state index in [2.05, 4.69) is 5.32 Å². The molecule has 0 aromatic heterocycles. The van der Waals surface area contributed by atoms with Crippen LogP contribution in [0.25, 0.3) is 6.08 Å². The Morgan fingerprint density at radius 3 is 2.82 bits per heavy atom. The van der Waals surface area contributed by atoms with Crippen molar-refractivity contribution in [2.24, 2.45) is 0 Å². The summed E-state index contributed by atoms with van der Waals surface area (Å²) < 4.78 is 26.3. The lowest BCUT2D eigenvalue weighted by Crippen LogP contribution is -2.20. The predicted molar refractivity (Wildman–Crippen MR) is 63.7 cm³/mol. The minimum absolute atomic E-state index is 0.116. The Labute approximate surface area is 103 Å². The highest BCUT2D eigenvalue weighted by molar-refractivity contribution is 6.31. The quantitative estimate of drug-likeness (QED) is 0.653. The molecule has 0 atom stereocenters. The van der Waals surface area contributed by atoms with E-state index in [4.69, 9.17) is 11.6 Å². The molecule has 0 bridgehead atoms. The van der Waals surface area contributed by atoms with Gasteiger partial charge in [0.05, 0.1) is 0 Å². The summed E-state index contributed by atoms with van der Waals surface area (Å²) in [5.41, 5.74) is 0.222. The van der Waals surface area contributed by atoms with Gasteiger partial charge in [-0.2, -0.15) is 0 Å². The first-order chi connectivity index (χ1) is 8.02. The molecular formula is C12H12ClF2NO. The van der Waals surface area contributed by atoms with Gasteiger partial charge in [0.25, 0.3) is 0 Å². The van der Waals surface area contributed by atoms with Gasteiger partial charge in [-0.25, -0.2) is 8.78 Å². The Morgan fingerprint density at radius 2 is 2.18 bits per heavy atom. The average Bonchev–Trinajstić information content (AvgIpc) is 2.28. The number of carbonyl (C=O) groups excluding carboxylic acids is 1. The zero-order chi connectivity index (χ0) is 12.8. The molecule has 0 saturated heterocycles. The first-order valence-corrected chi connectivity index (χ1v) is 5.44. The van der Waals surface area contributed by atoms with Crippen molar-refractivity contribution in [2.75, 3.05) is 6.54 Å². The second-order valence-electron chi connectivity index (χ2n) is 3.44. The Balaban J connectivity index is 2.60. The number of hydrogen-bond acceptors (Lipinski definition) is 1. The summed E-state index contributed by atoms with van der Waals surface area (Å²) in [6.45, 7) is 1.89. The van der Waals surface area contributed by atoms with E-state index in [0.29, 0.717) is 13.0 Å². The van der Waals surface area contributed by atoms with Gasteiger partial charge in [-0.1, -0.05) is 23.8 Å². The van der Waals surface area contributed by atoms with Crippen LogP contribution in [0.2, 0.25) is 5.02 Å². The largest absolute Gasteiger partial charge is 0.356 e. The molecule has 0 spiro atoms. The van der Waals surface area contributed by atoms with Gasteiger partial charge in [-0.05, 0) is 18.6 Å². The second-order valence-corrected chi connectivity index (χ2v) is 3.82. The van der Waals surface area contributed by atoms with Gasteiger partial charge in [-0.15, -0.1) is 0 Å². The number of benzene rings is 1. The molecule has 2 nitrogen and oxygen atoms in total. The summed E-state index contributed by atoms with van der Waals surface area (Å²) in [6.07, 6.45) is 3.75. The molecule has 1 N–H and O–H groups in total. The average molecular weight is 260 g/mol. The van der Waals surface area contributed by atoms with Crippen LogP contribution in [0.15, 0.2) is 18.2 Å². The van der Waals surface area contributed by atoms with Crippen molar-refractivity contribution in [3.05, 3.63) is 40.4 Å². The molecular weight excluding hydrogens is 248 g/mol. The van der Waals surface area contributed by atoms with Crippen LogP contribution in [-0.4, -0.2) is 12.5 Å². The first-order valence-electron chi connectivity index (χ1n) is 5.07. The molecule has 0 heterocycles. The maximum Gasteiger partial charge on any atom is 0.216 e. The maximum atomic E-state index is 13.4. The van der Waals surface area contributed by atoms with Crippen molar-refractivity contribution >= 4 is 23.6 Å². The monoisotopic (exact) mass is 259 g/mol. The molecule has 0 aliphatic heterocycles. The molecule has 1 rings (SSSR count). The Kier molecular flexibility index (Phi) is 5.10. The van der Waals surface area contributed by atoms with Crippen LogP contribution < -0.4 is 5.32 Å². The van der Waals surface area contributed by atoms with Gasteiger partial charge in [0.15, 0.2) is 5.82 Å². The van der Waals surface area contributed by atoms with E-state index >= 15 is 0 Å². The molecule has 0 aliphatic rings. The van der Waals surface area contributed by atoms with Gasteiger partial charge in [-0.3, -0.25) is 4.79 Å². The van der Waals surface area contributed by atoms with Gasteiger partial charge in [0, 0.05) is 19.0 Å². The molecule has 1 aromatic rings. The summed E-state index contributed by atoms with van der Waals surface area (Å²) in [4.78, 5) is 10.6. The van der Waals surface area contributed by atoms with E-state index in [-0.39, 0.29) is 11.5 Å². The highest BCUT2D eigenvalue weighted by Gasteiger charge is 2.08. The summed E-state index contributed by atoms with van der Waals surface area (Å²) in [5.74, 6) is -1.67. The fraction of sp³-hybridized carbons (Fsp3) is 0.250. The van der Waals surface area contributed by atoms with E-state index in [9.17, 15) is 13.6 Å². The van der Waals surface area contributed by atoms with E-state index in [1.54, 1.807) is 6.08 Å². The third-order valence-electron chi connectivity index (χ3n) is 2.05. The van der Waals surface area contributed by atoms with Crippen molar-refractivity contribution in [3.8, 4) is 0 Å². The van der Waals surface area contributed by atoms with Crippen molar-refractivity contribution in [2.45, 2.75) is 13.3 Å². The maximum absolute atomic E-state index is 13.4. The van der Waals surface area contributed by atoms with Crippen LogP contribution in [0.5, 0.6) is 0 Å². The number of nitrogens with one attached hydrogen (secondary N) is 1. The van der Waals surface area contributed by atoms with Gasteiger partial charge < -0.3 is 5.32 Å². The third kappa shape index (κ3) is 4.15. The molecule has 0 saturated carbocycles. The lowest BCUT2D eigenvalue weighted by atomic mass is 10.2. The fourth-order valence-corrected chi connectivity index (χ4v) is 1.38. The Hall–Kier alpha value is -1.42. The topological polar surface area (TPSA) is 29.1 Å². The zero-order valence-electron chi connectivity index (χ0n) is 9.27. The number of rotatable bonds is 4. The van der Waals surface area contributed by atoms with Crippen molar-refractivity contribution in [1.29, 1.82) is 0 Å². The van der Waals surface area contributed by atoms with Crippen molar-refractivity contribution in [1.82, 2.24) is 5.32 Å². The van der Waals surface area contributed by atoms with Crippen LogP contribution in [0, 0.1) is 11.6 Å². The summed E-state index contributed by atoms with van der Waals surface area (Å²) in [7, 11) is 0. The number of hydrogen-bond donors (Lipinski definition) is 1. The Bertz CT molecular complexity index is 446. The number of halogens is 3. The third-order valence-corrected chi connectivity index (χ3v) is 2.39. The second kappa shape index (κ2) is 6.35. The predicted octanol–water partition coefficient (Wildman–Crippen LogP) is 3.16. The SMILES string of the molecule is CC(=O)NCCC=Cc1ccc(F)c(Cl)c1F. The van der Waals surface area contributed by atoms with Gasteiger partial charge in [0.1, 0.15) is 10.8 Å². The van der Waals surface area contributed by atoms with Crippen LogP contribution in [0.1, 0.15) is 18.9 Å². The lowest BCUT2D eigenvalue weighted by Gasteiger charge is -2.01. The first kappa shape index (κ1) is 13.6. The van der Waals surface area contributed by atoms with Crippen LogP contribution >= 0.6 is 11.6 Å². The minimum atomic E-state index is -0.778. The molecule has 0 aliphatic carbocycles. The van der Waals surface area contributed by atoms with Crippen LogP contribution in [-0.2, 0) is 4.79 Å². The molecule has 1 amide bonds. The normalized spacial score (nSPS) is 10.8. The fourth-order valence-electron chi connectivity index (χ4n) is 1.21. The zero-order valence-corrected chi connectivity index (χ0v) is 10.0. The molecule has 0 fully saturated rings. The summed E-state index contributed by atoms with van der Waals surface area (Å²) in [6, 6.07) is 2.42. The standard InChI is InChI=1S/C12H12ClF2NO/c1-8(17)16-7-3-2-4-9-5-6-10(14)11(13)12(9)15/h2,4-6H,3,7H2,1H3,(H,16,17). The lowest BCUT2D eigenvalue weighted by molar-refractivity contribution is -0.118. The summed E-state index contributed by atoms with van der Waals surface area (Å²) in [5, 5.41) is 2.09. The van der Waals surface area contributed by atoms with E-state index < -0.39 is 16.7 Å². The van der Waals surface area contributed by atoms with Crippen molar-refractivity contribution < 1.29 is 13.6 Å². The van der Waals surface area contributed by atoms with Crippen molar-refractivity contribution in [3.63, 3.8) is 0 Å². The highest BCUT2D eigenvalue weighted by atomic mass is 35.5. The molecule has 1 aromatic carbocycles. The summed E-state index contributed by atoms with van der Waals surface area (Å²) >= 11 is 5.42.